The summed E-state index contributed by atoms with van der Waals surface area (Å²) < 4.78 is 5.00. The first-order valence-electron chi connectivity index (χ1n) is 4.14. The quantitative estimate of drug-likeness (QED) is 0.744. The fourth-order valence-corrected chi connectivity index (χ4v) is 1.22. The van der Waals surface area contributed by atoms with Crippen LogP contribution in [-0.2, 0) is 25.2 Å². The van der Waals surface area contributed by atoms with E-state index in [2.05, 4.69) is 24.3 Å². The third-order valence-electron chi connectivity index (χ3n) is 1.52. The number of para-hydroxylation sites is 1. The van der Waals surface area contributed by atoms with Gasteiger partial charge in [-0.2, -0.15) is 0 Å². The first-order valence-corrected chi connectivity index (χ1v) is 5.14. The Labute approximate surface area is 94.6 Å². The van der Waals surface area contributed by atoms with Crippen LogP contribution in [0.3, 0.4) is 0 Å². The Bertz CT molecular complexity index is 267. The molecule has 65 valence electrons. The van der Waals surface area contributed by atoms with Crippen LogP contribution in [0.1, 0.15) is 6.42 Å². The van der Waals surface area contributed by atoms with Gasteiger partial charge >= 0.3 is 64.1 Å². The van der Waals surface area contributed by atoms with E-state index in [1.165, 1.54) is 0 Å². The van der Waals surface area contributed by atoms with E-state index in [4.69, 9.17) is 2.81 Å². The molecule has 1 aromatic rings. The molecule has 1 aromatic carbocycles. The Morgan fingerprint density at radius 3 is 1.92 bits per heavy atom. The van der Waals surface area contributed by atoms with Crippen molar-refractivity contribution in [3.63, 3.8) is 0 Å². The SMILES string of the molecule is C1=CCC=C1.[Zr][O]c1ccccc1. The zero-order chi connectivity index (χ0) is 9.36. The van der Waals surface area contributed by atoms with Gasteiger partial charge in [0.05, 0.1) is 0 Å². The molecule has 13 heavy (non-hydrogen) atoms. The van der Waals surface area contributed by atoms with Crippen LogP contribution in [0.25, 0.3) is 0 Å². The normalized spacial score (nSPS) is 11.9. The molecule has 1 nitrogen and oxygen atoms in total. The number of hydrogen-bond donors (Lipinski definition) is 0. The van der Waals surface area contributed by atoms with Crippen LogP contribution < -0.4 is 2.81 Å². The van der Waals surface area contributed by atoms with Crippen molar-refractivity contribution >= 4 is 0 Å². The Morgan fingerprint density at radius 1 is 1.00 bits per heavy atom. The zero-order valence-corrected chi connectivity index (χ0v) is 9.77. The van der Waals surface area contributed by atoms with Gasteiger partial charge in [-0.1, -0.05) is 24.3 Å². The second-order valence-electron chi connectivity index (χ2n) is 2.51. The van der Waals surface area contributed by atoms with E-state index in [1.54, 1.807) is 0 Å². The standard InChI is InChI=1S/C6H6O.C5H6.Zr/c7-6-4-2-1-3-5-6;1-2-4-5-3-1;/h1-5,7H;1-4H,5H2;/q;;+1/p-1. The van der Waals surface area contributed by atoms with Crippen LogP contribution in [0, 0.1) is 0 Å². The summed E-state index contributed by atoms with van der Waals surface area (Å²) >= 11 is 1.09. The van der Waals surface area contributed by atoms with Crippen LogP contribution in [0.4, 0.5) is 0 Å². The fraction of sp³-hybridized carbons (Fsp3) is 0.0909. The van der Waals surface area contributed by atoms with Gasteiger partial charge in [-0.15, -0.1) is 0 Å². The van der Waals surface area contributed by atoms with Crippen molar-refractivity contribution in [1.29, 1.82) is 0 Å². The second-order valence-corrected chi connectivity index (χ2v) is 3.01. The van der Waals surface area contributed by atoms with Crippen LogP contribution >= 0.6 is 0 Å². The number of hydrogen-bond acceptors (Lipinski definition) is 1. The van der Waals surface area contributed by atoms with Crippen molar-refractivity contribution in [2.75, 3.05) is 0 Å². The van der Waals surface area contributed by atoms with Gasteiger partial charge in [-0.25, -0.2) is 0 Å². The molecule has 0 atom stereocenters. The predicted octanol–water partition coefficient (Wildman–Crippen LogP) is 3.03. The second kappa shape index (κ2) is 6.85. The first-order chi connectivity index (χ1) is 6.43. The van der Waals surface area contributed by atoms with E-state index < -0.39 is 0 Å². The maximum atomic E-state index is 5.00. The zero-order valence-electron chi connectivity index (χ0n) is 7.31. The van der Waals surface area contributed by atoms with E-state index in [-0.39, 0.29) is 0 Å². The summed E-state index contributed by atoms with van der Waals surface area (Å²) in [7, 11) is 0. The maximum absolute atomic E-state index is 5.00. The van der Waals surface area contributed by atoms with Gasteiger partial charge in [0.2, 0.25) is 0 Å². The van der Waals surface area contributed by atoms with E-state index >= 15 is 0 Å². The number of allylic oxidation sites excluding steroid dienone is 4. The predicted molar refractivity (Wildman–Crippen MR) is 50.0 cm³/mol. The van der Waals surface area contributed by atoms with Gasteiger partial charge in [0.1, 0.15) is 0 Å². The van der Waals surface area contributed by atoms with E-state index in [1.807, 2.05) is 30.3 Å². The molecule has 0 unspecified atom stereocenters. The summed E-state index contributed by atoms with van der Waals surface area (Å²) in [6.07, 6.45) is 9.50. The van der Waals surface area contributed by atoms with E-state index in [9.17, 15) is 0 Å². The topological polar surface area (TPSA) is 9.23 Å². The summed E-state index contributed by atoms with van der Waals surface area (Å²) in [5.74, 6) is 0.950. The molecule has 1 aliphatic rings. The van der Waals surface area contributed by atoms with Crippen LogP contribution in [0.15, 0.2) is 54.6 Å². The Morgan fingerprint density at radius 2 is 1.62 bits per heavy atom. The molecule has 0 bridgehead atoms. The summed E-state index contributed by atoms with van der Waals surface area (Å²) in [5.41, 5.74) is 0. The van der Waals surface area contributed by atoms with Gasteiger partial charge in [-0.05, 0) is 6.42 Å². The molecule has 0 heterocycles. The summed E-state index contributed by atoms with van der Waals surface area (Å²) in [4.78, 5) is 0. The van der Waals surface area contributed by atoms with E-state index in [0.717, 1.165) is 37.3 Å². The number of benzene rings is 1. The molecule has 0 fully saturated rings. The van der Waals surface area contributed by atoms with Crippen molar-refractivity contribution in [1.82, 2.24) is 0 Å². The molecule has 0 amide bonds. The third-order valence-corrected chi connectivity index (χ3v) is 2.10. The molecule has 0 saturated heterocycles. The van der Waals surface area contributed by atoms with Crippen molar-refractivity contribution < 1.29 is 28.0 Å². The van der Waals surface area contributed by atoms with Crippen molar-refractivity contribution in [3.8, 4) is 5.75 Å². The molecular weight excluding hydrogens is 239 g/mol. The van der Waals surface area contributed by atoms with Crippen LogP contribution in [0.5, 0.6) is 5.75 Å². The van der Waals surface area contributed by atoms with Crippen molar-refractivity contribution in [2.24, 2.45) is 0 Å². The fourth-order valence-electron chi connectivity index (χ4n) is 0.881. The Hall–Kier alpha value is -0.617. The minimum atomic E-state index is 0.950. The number of rotatable bonds is 1. The first kappa shape index (κ1) is 10.5. The molecule has 0 aliphatic heterocycles. The van der Waals surface area contributed by atoms with Gasteiger partial charge in [0, 0.05) is 0 Å². The molecule has 0 aromatic heterocycles. The van der Waals surface area contributed by atoms with Gasteiger partial charge in [0.15, 0.2) is 0 Å². The Kier molecular flexibility index (Phi) is 5.52. The van der Waals surface area contributed by atoms with Gasteiger partial charge < -0.3 is 0 Å². The van der Waals surface area contributed by atoms with Crippen molar-refractivity contribution in [2.45, 2.75) is 6.42 Å². The molecule has 0 saturated carbocycles. The van der Waals surface area contributed by atoms with Crippen LogP contribution in [0.2, 0.25) is 0 Å². The molecule has 0 radical (unpaired) electrons. The van der Waals surface area contributed by atoms with Crippen molar-refractivity contribution in [3.05, 3.63) is 54.6 Å². The average Bonchev–Trinajstić information content (AvgIpc) is 2.77. The third kappa shape index (κ3) is 4.84. The molecule has 1 aliphatic carbocycles. The molecule has 2 rings (SSSR count). The molecule has 0 spiro atoms. The molecule has 2 heteroatoms. The minimum absolute atomic E-state index is 0.950. The Balaban J connectivity index is 0.000000145. The average molecular weight is 250 g/mol. The van der Waals surface area contributed by atoms with Crippen LogP contribution in [-0.4, -0.2) is 0 Å². The molecular formula is C11H11OZr. The van der Waals surface area contributed by atoms with Gasteiger partial charge in [-0.3, -0.25) is 0 Å². The molecule has 0 N–H and O–H groups in total. The summed E-state index contributed by atoms with van der Waals surface area (Å²) in [5, 5.41) is 0. The van der Waals surface area contributed by atoms with E-state index in [0.29, 0.717) is 0 Å². The monoisotopic (exact) mass is 249 g/mol. The summed E-state index contributed by atoms with van der Waals surface area (Å²) in [6.45, 7) is 0. The van der Waals surface area contributed by atoms with Gasteiger partial charge in [0.25, 0.3) is 0 Å². The summed E-state index contributed by atoms with van der Waals surface area (Å²) in [6, 6.07) is 9.76.